The molecule has 0 unspecified atom stereocenters. The lowest BCUT2D eigenvalue weighted by molar-refractivity contribution is -0.104. The number of aldehydes is 1. The molecule has 0 heterocycles. The minimum Gasteiger partial charge on any atom is -0.393 e. The molecular weight excluding hydrogens is 198 g/mol. The molecule has 1 aromatic carbocycles. The highest BCUT2D eigenvalue weighted by atomic mass is 16.1. The van der Waals surface area contributed by atoms with Crippen molar-refractivity contribution in [2.45, 2.75) is 13.3 Å². The van der Waals surface area contributed by atoms with Gasteiger partial charge in [-0.3, -0.25) is 4.79 Å². The van der Waals surface area contributed by atoms with E-state index in [-0.39, 0.29) is 0 Å². The van der Waals surface area contributed by atoms with Crippen LogP contribution in [-0.4, -0.2) is 13.3 Å². The van der Waals surface area contributed by atoms with Gasteiger partial charge in [0.05, 0.1) is 0 Å². The number of carbonyl (C=O) groups excluding carboxylic acids is 1. The number of benzene rings is 1. The maximum absolute atomic E-state index is 11.0. The summed E-state index contributed by atoms with van der Waals surface area (Å²) < 4.78 is 0. The van der Waals surface area contributed by atoms with Crippen LogP contribution in [0.5, 0.6) is 0 Å². The van der Waals surface area contributed by atoms with Crippen molar-refractivity contribution >= 4 is 11.9 Å². The van der Waals surface area contributed by atoms with Crippen molar-refractivity contribution in [3.8, 4) is 0 Å². The second-order valence-electron chi connectivity index (χ2n) is 3.40. The van der Waals surface area contributed by atoms with Crippen molar-refractivity contribution < 1.29 is 4.79 Å². The highest BCUT2D eigenvalue weighted by molar-refractivity contribution is 5.98. The van der Waals surface area contributed by atoms with Gasteiger partial charge in [0.2, 0.25) is 0 Å². The van der Waals surface area contributed by atoms with Crippen LogP contribution in [0, 0.1) is 0 Å². The Kier molecular flexibility index (Phi) is 5.06. The molecule has 0 amide bonds. The van der Waals surface area contributed by atoms with E-state index in [2.05, 4.69) is 18.3 Å². The van der Waals surface area contributed by atoms with Crippen molar-refractivity contribution in [2.75, 3.05) is 7.05 Å². The Morgan fingerprint density at radius 2 is 2.00 bits per heavy atom. The molecule has 0 atom stereocenters. The monoisotopic (exact) mass is 215 g/mol. The summed E-state index contributed by atoms with van der Waals surface area (Å²) in [5.41, 5.74) is 2.72. The number of allylic oxidation sites excluding steroid dienone is 3. The van der Waals surface area contributed by atoms with Gasteiger partial charge < -0.3 is 5.32 Å². The van der Waals surface area contributed by atoms with Crippen LogP contribution in [0.1, 0.15) is 18.9 Å². The highest BCUT2D eigenvalue weighted by Gasteiger charge is 2.05. The fourth-order valence-electron chi connectivity index (χ4n) is 1.55. The Labute approximate surface area is 96.7 Å². The number of hydrogen-bond donors (Lipinski definition) is 1. The van der Waals surface area contributed by atoms with Crippen molar-refractivity contribution in [1.82, 2.24) is 5.32 Å². The molecule has 2 heteroatoms. The van der Waals surface area contributed by atoms with E-state index in [1.165, 1.54) is 0 Å². The molecule has 2 nitrogen and oxygen atoms in total. The molecule has 0 aliphatic heterocycles. The summed E-state index contributed by atoms with van der Waals surface area (Å²) in [6.07, 6.45) is 5.57. The maximum atomic E-state index is 11.0. The lowest BCUT2D eigenvalue weighted by Crippen LogP contribution is -2.00. The van der Waals surface area contributed by atoms with Gasteiger partial charge in [0, 0.05) is 18.8 Å². The van der Waals surface area contributed by atoms with Gasteiger partial charge in [-0.1, -0.05) is 43.3 Å². The van der Waals surface area contributed by atoms with Gasteiger partial charge >= 0.3 is 0 Å². The Balaban J connectivity index is 3.15. The maximum Gasteiger partial charge on any atom is 0.152 e. The van der Waals surface area contributed by atoms with Crippen LogP contribution in [0.3, 0.4) is 0 Å². The van der Waals surface area contributed by atoms with Gasteiger partial charge in [0.25, 0.3) is 0 Å². The minimum atomic E-state index is 0.676. The predicted molar refractivity (Wildman–Crippen MR) is 67.9 cm³/mol. The fourth-order valence-corrected chi connectivity index (χ4v) is 1.55. The second kappa shape index (κ2) is 6.62. The molecule has 0 aromatic heterocycles. The summed E-state index contributed by atoms with van der Waals surface area (Å²) in [6, 6.07) is 9.93. The molecule has 0 saturated heterocycles. The summed E-state index contributed by atoms with van der Waals surface area (Å²) in [6.45, 7) is 2.06. The zero-order valence-corrected chi connectivity index (χ0v) is 9.73. The van der Waals surface area contributed by atoms with Crippen LogP contribution in [0.25, 0.3) is 5.57 Å². The van der Waals surface area contributed by atoms with Crippen LogP contribution in [0.15, 0.2) is 48.2 Å². The molecule has 0 saturated carbocycles. The first-order chi connectivity index (χ1) is 7.83. The first kappa shape index (κ1) is 12.2. The summed E-state index contributed by atoms with van der Waals surface area (Å²) in [4.78, 5) is 11.0. The molecule has 16 heavy (non-hydrogen) atoms. The largest absolute Gasteiger partial charge is 0.393 e. The molecule has 1 N–H and O–H groups in total. The molecule has 0 spiro atoms. The molecule has 0 aliphatic rings. The van der Waals surface area contributed by atoms with Gasteiger partial charge in [-0.25, -0.2) is 0 Å². The van der Waals surface area contributed by atoms with E-state index in [4.69, 9.17) is 0 Å². The number of hydrogen-bond acceptors (Lipinski definition) is 2. The summed E-state index contributed by atoms with van der Waals surface area (Å²) in [7, 11) is 1.79. The van der Waals surface area contributed by atoms with Crippen LogP contribution in [0.4, 0.5) is 0 Å². The predicted octanol–water partition coefficient (Wildman–Crippen LogP) is 2.78. The van der Waals surface area contributed by atoms with Crippen molar-refractivity contribution in [3.05, 3.63) is 53.7 Å². The zero-order chi connectivity index (χ0) is 11.8. The third-order valence-electron chi connectivity index (χ3n) is 2.23. The lowest BCUT2D eigenvalue weighted by Gasteiger charge is -2.07. The standard InChI is InChI=1S/C14H17NO/c1-3-7-14(13(11-16)10-15-2)12-8-5-4-6-9-12/h4-11,15H,3H2,1-2H3/b13-10-,14-7+. The van der Waals surface area contributed by atoms with E-state index in [0.717, 1.165) is 23.8 Å². The van der Waals surface area contributed by atoms with E-state index >= 15 is 0 Å². The summed E-state index contributed by atoms with van der Waals surface area (Å²) in [5.74, 6) is 0. The van der Waals surface area contributed by atoms with Gasteiger partial charge in [0.15, 0.2) is 6.29 Å². The van der Waals surface area contributed by atoms with Crippen LogP contribution >= 0.6 is 0 Å². The van der Waals surface area contributed by atoms with E-state index in [1.807, 2.05) is 30.3 Å². The Hall–Kier alpha value is -1.83. The van der Waals surface area contributed by atoms with Gasteiger partial charge in [0.1, 0.15) is 0 Å². The molecule has 84 valence electrons. The Morgan fingerprint density at radius 1 is 1.31 bits per heavy atom. The lowest BCUT2D eigenvalue weighted by atomic mass is 9.98. The van der Waals surface area contributed by atoms with E-state index in [1.54, 1.807) is 13.2 Å². The highest BCUT2D eigenvalue weighted by Crippen LogP contribution is 2.21. The van der Waals surface area contributed by atoms with Gasteiger partial charge in [-0.2, -0.15) is 0 Å². The average Bonchev–Trinajstić information content (AvgIpc) is 2.35. The third-order valence-corrected chi connectivity index (χ3v) is 2.23. The van der Waals surface area contributed by atoms with Crippen LogP contribution in [0.2, 0.25) is 0 Å². The molecule has 1 rings (SSSR count). The van der Waals surface area contributed by atoms with E-state index < -0.39 is 0 Å². The summed E-state index contributed by atoms with van der Waals surface area (Å²) in [5, 5.41) is 2.89. The van der Waals surface area contributed by atoms with Crippen molar-refractivity contribution in [2.24, 2.45) is 0 Å². The van der Waals surface area contributed by atoms with E-state index in [0.29, 0.717) is 5.57 Å². The minimum absolute atomic E-state index is 0.676. The van der Waals surface area contributed by atoms with Gasteiger partial charge in [-0.05, 0) is 17.6 Å². The van der Waals surface area contributed by atoms with Crippen LogP contribution in [-0.2, 0) is 4.79 Å². The Bertz CT molecular complexity index is 390. The number of carbonyl (C=O) groups is 1. The molecule has 1 aromatic rings. The molecule has 0 radical (unpaired) electrons. The topological polar surface area (TPSA) is 29.1 Å². The zero-order valence-electron chi connectivity index (χ0n) is 9.73. The quantitative estimate of drug-likeness (QED) is 0.465. The molecule has 0 aliphatic carbocycles. The SMILES string of the molecule is CC/C=C(/C(C=O)=C\NC)c1ccccc1. The summed E-state index contributed by atoms with van der Waals surface area (Å²) >= 11 is 0. The number of rotatable bonds is 5. The second-order valence-corrected chi connectivity index (χ2v) is 3.40. The fraction of sp³-hybridized carbons (Fsp3) is 0.214. The van der Waals surface area contributed by atoms with Crippen LogP contribution < -0.4 is 5.32 Å². The average molecular weight is 215 g/mol. The molecule has 0 bridgehead atoms. The first-order valence-corrected chi connectivity index (χ1v) is 5.42. The normalized spacial score (nSPS) is 12.4. The van der Waals surface area contributed by atoms with Crippen molar-refractivity contribution in [1.29, 1.82) is 0 Å². The number of nitrogens with one attached hydrogen (secondary N) is 1. The van der Waals surface area contributed by atoms with Gasteiger partial charge in [-0.15, -0.1) is 0 Å². The molecular formula is C14H17NO. The van der Waals surface area contributed by atoms with Crippen molar-refractivity contribution in [3.63, 3.8) is 0 Å². The Morgan fingerprint density at radius 3 is 2.50 bits per heavy atom. The van der Waals surface area contributed by atoms with E-state index in [9.17, 15) is 4.79 Å². The molecule has 0 fully saturated rings. The smallest absolute Gasteiger partial charge is 0.152 e. The first-order valence-electron chi connectivity index (χ1n) is 5.42. The third kappa shape index (κ3) is 3.09.